The number of nitrogens with one attached hydrogen (secondary N) is 5. The summed E-state index contributed by atoms with van der Waals surface area (Å²) in [5, 5.41) is 112. The number of benzene rings is 1. The van der Waals surface area contributed by atoms with Gasteiger partial charge in [-0.2, -0.15) is 0 Å². The van der Waals surface area contributed by atoms with Crippen molar-refractivity contribution in [1.82, 2.24) is 36.4 Å². The van der Waals surface area contributed by atoms with E-state index in [4.69, 9.17) is 5.73 Å². The summed E-state index contributed by atoms with van der Waals surface area (Å²) in [6, 6.07) is -9.50. The molecule has 77 heavy (non-hydrogen) atoms. The molecule has 434 valence electrons. The zero-order chi connectivity index (χ0) is 57.6. The van der Waals surface area contributed by atoms with Crippen LogP contribution in [0.5, 0.6) is 5.75 Å². The summed E-state index contributed by atoms with van der Waals surface area (Å²) in [5.74, 6) is -8.53. The van der Waals surface area contributed by atoms with Gasteiger partial charge in [-0.3, -0.25) is 38.4 Å². The first-order chi connectivity index (χ1) is 36.2. The molecule has 4 rings (SSSR count). The number of amides is 8. The van der Waals surface area contributed by atoms with Crippen molar-refractivity contribution < 1.29 is 84.3 Å². The molecule has 3 saturated heterocycles. The molecule has 16 N–H and O–H groups in total. The maximum atomic E-state index is 14.5. The third-order valence-electron chi connectivity index (χ3n) is 14.4. The second-order valence-corrected chi connectivity index (χ2v) is 23.1. The van der Waals surface area contributed by atoms with E-state index in [-0.39, 0.29) is 31.3 Å². The monoisotopic (exact) mass is 1320 g/mol. The van der Waals surface area contributed by atoms with Gasteiger partial charge in [0.15, 0.2) is 6.23 Å². The first kappa shape index (κ1) is 65.4. The second-order valence-electron chi connectivity index (χ2n) is 20.8. The van der Waals surface area contributed by atoms with Crippen LogP contribution in [0.25, 0.3) is 0 Å². The number of phenolic OH excluding ortho intramolecular Hbond substituents is 1. The van der Waals surface area contributed by atoms with Crippen LogP contribution in [0.4, 0.5) is 0 Å². The molecule has 3 aliphatic heterocycles. The van der Waals surface area contributed by atoms with Crippen molar-refractivity contribution in [1.29, 1.82) is 0 Å². The first-order valence-corrected chi connectivity index (χ1v) is 28.3. The third kappa shape index (κ3) is 18.5. The van der Waals surface area contributed by atoms with Crippen molar-refractivity contribution in [2.75, 3.05) is 13.1 Å². The van der Waals surface area contributed by atoms with Crippen LogP contribution in [-0.2, 0) is 38.4 Å². The molecule has 0 radical (unpaired) electrons. The van der Waals surface area contributed by atoms with Gasteiger partial charge in [0, 0.05) is 32.4 Å². The van der Waals surface area contributed by atoms with Crippen molar-refractivity contribution in [3.63, 3.8) is 0 Å². The number of unbranched alkanes of at least 4 members (excludes halogenated alkanes) is 5. The fraction of sp³-hybridized carbons (Fsp3) is 0.720. The molecule has 3 aliphatic rings. The van der Waals surface area contributed by atoms with E-state index in [0.29, 0.717) is 29.6 Å². The van der Waals surface area contributed by atoms with E-state index in [1.54, 1.807) is 45.2 Å². The molecule has 3 unspecified atom stereocenters. The number of halogens is 2. The zero-order valence-electron chi connectivity index (χ0n) is 43.7. The van der Waals surface area contributed by atoms with Gasteiger partial charge in [0.05, 0.1) is 38.0 Å². The molecule has 16 atom stereocenters. The number of hydrogen-bond donors (Lipinski definition) is 15. The Morgan fingerprint density at radius 1 is 0.740 bits per heavy atom. The van der Waals surface area contributed by atoms with Gasteiger partial charge in [0.25, 0.3) is 0 Å². The van der Waals surface area contributed by atoms with Crippen molar-refractivity contribution in [3.8, 4) is 5.75 Å². The van der Waals surface area contributed by atoms with E-state index in [2.05, 4.69) is 47.4 Å². The lowest BCUT2D eigenvalue weighted by atomic mass is 9.91. The number of rotatable bonds is 20. The highest BCUT2D eigenvalue weighted by atomic mass is 127. The van der Waals surface area contributed by atoms with Crippen LogP contribution < -0.4 is 32.3 Å². The van der Waals surface area contributed by atoms with Crippen molar-refractivity contribution >= 4 is 92.4 Å². The molecular weight excluding hydrogens is 1240 g/mol. The quantitative estimate of drug-likeness (QED) is 0.0490. The van der Waals surface area contributed by atoms with Gasteiger partial charge in [-0.25, -0.2) is 0 Å². The molecule has 0 spiro atoms. The Labute approximate surface area is 474 Å². The van der Waals surface area contributed by atoms with Crippen LogP contribution in [0.2, 0.25) is 0 Å². The normalized spacial score (nSPS) is 28.6. The molecule has 25 nitrogen and oxygen atoms in total. The Kier molecular flexibility index (Phi) is 25.9. The van der Waals surface area contributed by atoms with Crippen LogP contribution in [-0.4, -0.2) is 195 Å². The zero-order valence-corrected chi connectivity index (χ0v) is 48.0. The maximum Gasteiger partial charge on any atom is 0.248 e. The predicted molar refractivity (Wildman–Crippen MR) is 291 cm³/mol. The predicted octanol–water partition coefficient (Wildman–Crippen LogP) is -2.13. The van der Waals surface area contributed by atoms with Crippen LogP contribution >= 0.6 is 45.2 Å². The van der Waals surface area contributed by atoms with Crippen molar-refractivity contribution in [3.05, 3.63) is 24.8 Å². The van der Waals surface area contributed by atoms with Gasteiger partial charge >= 0.3 is 0 Å². The number of nitrogens with zero attached hydrogens (tertiary/aromatic N) is 2. The Morgan fingerprint density at radius 3 is 1.94 bits per heavy atom. The summed E-state index contributed by atoms with van der Waals surface area (Å²) in [5.41, 5.74) is 5.25. The molecule has 0 saturated carbocycles. The van der Waals surface area contributed by atoms with E-state index >= 15 is 0 Å². The van der Waals surface area contributed by atoms with Crippen molar-refractivity contribution in [2.45, 2.75) is 203 Å². The van der Waals surface area contributed by atoms with Gasteiger partial charge in [0.1, 0.15) is 60.3 Å². The van der Waals surface area contributed by atoms with E-state index in [1.165, 1.54) is 18.6 Å². The summed E-state index contributed by atoms with van der Waals surface area (Å²) in [6.07, 6.45) is -10.2. The molecule has 27 heteroatoms. The Morgan fingerprint density at radius 2 is 1.32 bits per heavy atom. The SMILES string of the molecule is CCC(C)CC(C)CCCCCCCCC(=O)NC1C[C@@H](O)[C@@H](O)NC(=O)[C@@H]2[C@@H](O)CCN2C(=O)[C@H]([C@@H](O)CC(N)=O)NC(=O)[C@H]([C@H](O)[C@@H](O)c2cc(I)c(O)c(I)c2)NC(=O)[C@@H]2C[C@@H](O)CN2C(=O)[C@H]([C@H](C)O)NC1=O. The first-order valence-electron chi connectivity index (χ1n) is 26.2. The van der Waals surface area contributed by atoms with E-state index in [1.807, 2.05) is 0 Å². The van der Waals surface area contributed by atoms with Crippen LogP contribution in [0.15, 0.2) is 12.1 Å². The fourth-order valence-corrected chi connectivity index (χ4v) is 11.7. The van der Waals surface area contributed by atoms with Crippen LogP contribution in [0, 0.1) is 19.0 Å². The highest BCUT2D eigenvalue weighted by Gasteiger charge is 2.49. The molecule has 1 aromatic carbocycles. The molecule has 8 amide bonds. The largest absolute Gasteiger partial charge is 0.506 e. The highest BCUT2D eigenvalue weighted by Crippen LogP contribution is 2.32. The lowest BCUT2D eigenvalue weighted by Gasteiger charge is -2.34. The Hall–Kier alpha value is -4.08. The number of carbonyl (C=O) groups is 8. The van der Waals surface area contributed by atoms with Gasteiger partial charge in [0.2, 0.25) is 47.3 Å². The number of fused-ring (bicyclic) bond motifs is 2. The molecule has 0 aliphatic carbocycles. The highest BCUT2D eigenvalue weighted by molar-refractivity contribution is 14.1. The summed E-state index contributed by atoms with van der Waals surface area (Å²) in [7, 11) is 0. The number of hydrogen-bond acceptors (Lipinski definition) is 17. The number of aromatic hydroxyl groups is 1. The molecule has 3 heterocycles. The van der Waals surface area contributed by atoms with Gasteiger partial charge in [-0.15, -0.1) is 0 Å². The van der Waals surface area contributed by atoms with Gasteiger partial charge in [-0.05, 0) is 101 Å². The van der Waals surface area contributed by atoms with E-state index < -0.39 is 165 Å². The molecule has 0 aromatic heterocycles. The van der Waals surface area contributed by atoms with Gasteiger partial charge in [-0.1, -0.05) is 65.7 Å². The Bertz CT molecular complexity index is 2210. The number of aliphatic hydroxyl groups excluding tert-OH is 8. The number of nitrogens with two attached hydrogens (primary N) is 1. The van der Waals surface area contributed by atoms with E-state index in [0.717, 1.165) is 50.3 Å². The topological polar surface area (TPSA) is 411 Å². The number of carbonyl (C=O) groups excluding carboxylic acids is 8. The lowest BCUT2D eigenvalue weighted by molar-refractivity contribution is -0.149. The maximum absolute atomic E-state index is 14.5. The summed E-state index contributed by atoms with van der Waals surface area (Å²) in [4.78, 5) is 113. The second kappa shape index (κ2) is 30.5. The number of aliphatic hydroxyl groups is 8. The fourth-order valence-electron chi connectivity index (χ4n) is 9.88. The number of primary amides is 1. The molecule has 1 aromatic rings. The number of phenols is 1. The van der Waals surface area contributed by atoms with Crippen molar-refractivity contribution in [2.24, 2.45) is 17.6 Å². The summed E-state index contributed by atoms with van der Waals surface area (Å²) in [6.45, 7) is 6.76. The summed E-state index contributed by atoms with van der Waals surface area (Å²) >= 11 is 3.47. The van der Waals surface area contributed by atoms with Crippen LogP contribution in [0.3, 0.4) is 0 Å². The lowest BCUT2D eigenvalue weighted by Crippen LogP contribution is -2.64. The Balaban J connectivity index is 1.72. The van der Waals surface area contributed by atoms with Gasteiger partial charge < -0.3 is 88.1 Å². The average Bonchev–Trinajstić information content (AvgIpc) is 3.96. The smallest absolute Gasteiger partial charge is 0.248 e. The minimum absolute atomic E-state index is 0.0808. The van der Waals surface area contributed by atoms with E-state index in [9.17, 15) is 84.3 Å². The minimum Gasteiger partial charge on any atom is -0.506 e. The standard InChI is InChI=1S/C50H78I2N8O17/c1-5-23(2)16-24(3)12-10-8-6-7-9-11-13-36(67)54-30-20-34(65)46(73)58-48(75)40-32(63)14-15-59(40)50(77)38(33(64)21-35(53)66)56-47(74)39(43(70)41(68)26-17-28(51)42(69)29(52)18-26)57-45(72)31-19-27(62)22-60(31)49(76)37(25(4)61)55-44(30)71/h17-18,23-25,27,30-34,37-41,43,46,61-65,68-70,73H,5-16,19-22H2,1-4H3,(H2,53,66)(H,54,67)(H,55,71)(H,56,74)(H,57,72)(H,58,75)/t23?,24?,25-,27+,30?,31-,32-,33-,34+,37-,38-,39-,40-,41-,43-,46+/m0/s1. The molecule has 0 bridgehead atoms. The summed E-state index contributed by atoms with van der Waals surface area (Å²) < 4.78 is 0.382. The molecule has 3 fully saturated rings. The third-order valence-corrected chi connectivity index (χ3v) is 16.1. The minimum atomic E-state index is -2.38. The van der Waals surface area contributed by atoms with Crippen LogP contribution in [0.1, 0.15) is 129 Å². The molecular formula is C50H78I2N8O17. The average molecular weight is 1320 g/mol.